The van der Waals surface area contributed by atoms with Crippen LogP contribution in [0.3, 0.4) is 0 Å². The number of nitrogens with one attached hydrogen (secondary N) is 1. The number of hydrogen-bond acceptors (Lipinski definition) is 3. The van der Waals surface area contributed by atoms with Gasteiger partial charge in [-0.3, -0.25) is 4.68 Å². The maximum absolute atomic E-state index is 13.3. The molecule has 1 aromatic carbocycles. The van der Waals surface area contributed by atoms with Crippen molar-refractivity contribution in [1.29, 1.82) is 0 Å². The van der Waals surface area contributed by atoms with E-state index in [2.05, 4.69) is 42.3 Å². The van der Waals surface area contributed by atoms with Crippen LogP contribution in [-0.2, 0) is 11.3 Å². The van der Waals surface area contributed by atoms with Crippen molar-refractivity contribution in [2.24, 2.45) is 0 Å². The SMILES string of the molecule is CNC(c1ccc(F)cc1Br)c1c(Br)cnn1CCOC. The van der Waals surface area contributed by atoms with Crippen molar-refractivity contribution in [2.45, 2.75) is 12.6 Å². The Balaban J connectivity index is 2.43. The fourth-order valence-corrected chi connectivity index (χ4v) is 3.29. The molecule has 1 atom stereocenters. The van der Waals surface area contributed by atoms with Crippen molar-refractivity contribution in [3.05, 3.63) is 50.4 Å². The molecule has 1 unspecified atom stereocenters. The first-order chi connectivity index (χ1) is 10.1. The summed E-state index contributed by atoms with van der Waals surface area (Å²) in [6.45, 7) is 1.22. The van der Waals surface area contributed by atoms with Gasteiger partial charge in [-0.15, -0.1) is 0 Å². The van der Waals surface area contributed by atoms with Crippen molar-refractivity contribution in [3.8, 4) is 0 Å². The fraction of sp³-hybridized carbons (Fsp3) is 0.357. The number of hydrogen-bond donors (Lipinski definition) is 1. The third-order valence-corrected chi connectivity index (χ3v) is 4.47. The van der Waals surface area contributed by atoms with Crippen molar-refractivity contribution in [3.63, 3.8) is 0 Å². The smallest absolute Gasteiger partial charge is 0.124 e. The van der Waals surface area contributed by atoms with Crippen molar-refractivity contribution >= 4 is 31.9 Å². The number of methoxy groups -OCH3 is 1. The molecule has 4 nitrogen and oxygen atoms in total. The zero-order chi connectivity index (χ0) is 15.4. The minimum absolute atomic E-state index is 0.117. The summed E-state index contributed by atoms with van der Waals surface area (Å²) in [5, 5.41) is 7.61. The quantitative estimate of drug-likeness (QED) is 0.777. The average molecular weight is 421 g/mol. The van der Waals surface area contributed by atoms with Crippen LogP contribution in [0.4, 0.5) is 4.39 Å². The molecular formula is C14H16Br2FN3O. The van der Waals surface area contributed by atoms with Gasteiger partial charge in [-0.2, -0.15) is 5.10 Å². The predicted octanol–water partition coefficient (Wildman–Crippen LogP) is 3.50. The molecule has 0 spiro atoms. The minimum Gasteiger partial charge on any atom is -0.383 e. The molecule has 2 aromatic rings. The molecule has 0 aliphatic carbocycles. The first-order valence-electron chi connectivity index (χ1n) is 6.40. The molecule has 0 amide bonds. The first kappa shape index (κ1) is 16.6. The van der Waals surface area contributed by atoms with E-state index in [-0.39, 0.29) is 11.9 Å². The molecule has 0 aliphatic rings. The van der Waals surface area contributed by atoms with E-state index in [1.54, 1.807) is 19.4 Å². The molecule has 0 saturated heterocycles. The Morgan fingerprint density at radius 1 is 1.38 bits per heavy atom. The molecule has 0 fully saturated rings. The van der Waals surface area contributed by atoms with E-state index in [0.717, 1.165) is 15.7 Å². The molecule has 1 aromatic heterocycles. The predicted molar refractivity (Wildman–Crippen MR) is 86.8 cm³/mol. The van der Waals surface area contributed by atoms with Crippen molar-refractivity contribution in [1.82, 2.24) is 15.1 Å². The Hall–Kier alpha value is -0.760. The van der Waals surface area contributed by atoms with Gasteiger partial charge in [-0.25, -0.2) is 4.39 Å². The van der Waals surface area contributed by atoms with Crippen LogP contribution >= 0.6 is 31.9 Å². The summed E-state index contributed by atoms with van der Waals surface area (Å²) in [7, 11) is 3.52. The van der Waals surface area contributed by atoms with Gasteiger partial charge in [0.25, 0.3) is 0 Å². The van der Waals surface area contributed by atoms with E-state index >= 15 is 0 Å². The second-order valence-corrected chi connectivity index (χ2v) is 6.19. The lowest BCUT2D eigenvalue weighted by molar-refractivity contribution is 0.182. The van der Waals surface area contributed by atoms with Gasteiger partial charge in [0.05, 0.1) is 35.6 Å². The third-order valence-electron chi connectivity index (χ3n) is 3.18. The van der Waals surface area contributed by atoms with Gasteiger partial charge in [-0.1, -0.05) is 22.0 Å². The average Bonchev–Trinajstić information content (AvgIpc) is 2.81. The first-order valence-corrected chi connectivity index (χ1v) is 7.99. The number of nitrogens with zero attached hydrogens (tertiary/aromatic N) is 2. The van der Waals surface area contributed by atoms with Crippen LogP contribution in [-0.4, -0.2) is 30.5 Å². The van der Waals surface area contributed by atoms with Crippen molar-refractivity contribution in [2.75, 3.05) is 20.8 Å². The monoisotopic (exact) mass is 419 g/mol. The molecular weight excluding hydrogens is 405 g/mol. The minimum atomic E-state index is -0.271. The van der Waals surface area contributed by atoms with Gasteiger partial charge in [0.2, 0.25) is 0 Å². The number of rotatable bonds is 6. The lowest BCUT2D eigenvalue weighted by Crippen LogP contribution is -2.23. The summed E-state index contributed by atoms with van der Waals surface area (Å²) < 4.78 is 21.9. The van der Waals surface area contributed by atoms with E-state index in [9.17, 15) is 4.39 Å². The van der Waals surface area contributed by atoms with Crippen LogP contribution in [0.5, 0.6) is 0 Å². The lowest BCUT2D eigenvalue weighted by atomic mass is 10.0. The van der Waals surface area contributed by atoms with Crippen LogP contribution < -0.4 is 5.32 Å². The second kappa shape index (κ2) is 7.49. The van der Waals surface area contributed by atoms with Gasteiger partial charge in [0, 0.05) is 11.6 Å². The van der Waals surface area contributed by atoms with E-state index < -0.39 is 0 Å². The standard InChI is InChI=1S/C14H16Br2FN3O/c1-18-13(10-4-3-9(17)7-11(10)15)14-12(16)8-19-20(14)5-6-21-2/h3-4,7-8,13,18H,5-6H2,1-2H3. The van der Waals surface area contributed by atoms with E-state index in [0.29, 0.717) is 17.6 Å². The highest BCUT2D eigenvalue weighted by atomic mass is 79.9. The number of aromatic nitrogens is 2. The summed E-state index contributed by atoms with van der Waals surface area (Å²) in [5.41, 5.74) is 1.92. The summed E-state index contributed by atoms with van der Waals surface area (Å²) in [5.74, 6) is -0.271. The Kier molecular flexibility index (Phi) is 5.92. The number of ether oxygens (including phenoxy) is 1. The highest BCUT2D eigenvalue weighted by Gasteiger charge is 2.22. The second-order valence-electron chi connectivity index (χ2n) is 4.48. The fourth-order valence-electron chi connectivity index (χ4n) is 2.19. The van der Waals surface area contributed by atoms with Crippen LogP contribution in [0.15, 0.2) is 33.3 Å². The molecule has 21 heavy (non-hydrogen) atoms. The molecule has 2 rings (SSSR count). The number of halogens is 3. The highest BCUT2D eigenvalue weighted by molar-refractivity contribution is 9.10. The van der Waals surface area contributed by atoms with Gasteiger partial charge < -0.3 is 10.1 Å². The Bertz CT molecular complexity index is 618. The Morgan fingerprint density at radius 3 is 2.76 bits per heavy atom. The van der Waals surface area contributed by atoms with E-state index in [4.69, 9.17) is 4.74 Å². The molecule has 0 saturated carbocycles. The topological polar surface area (TPSA) is 39.1 Å². The maximum atomic E-state index is 13.3. The van der Waals surface area contributed by atoms with Gasteiger partial charge in [-0.05, 0) is 40.7 Å². The van der Waals surface area contributed by atoms with E-state index in [1.165, 1.54) is 12.1 Å². The van der Waals surface area contributed by atoms with E-state index in [1.807, 2.05) is 11.7 Å². The van der Waals surface area contributed by atoms with Crippen molar-refractivity contribution < 1.29 is 9.13 Å². The molecule has 1 N–H and O–H groups in total. The normalized spacial score (nSPS) is 12.6. The third kappa shape index (κ3) is 3.71. The lowest BCUT2D eigenvalue weighted by Gasteiger charge is -2.20. The summed E-state index contributed by atoms with van der Waals surface area (Å²) in [4.78, 5) is 0. The molecule has 7 heteroatoms. The summed E-state index contributed by atoms with van der Waals surface area (Å²) >= 11 is 6.96. The molecule has 0 bridgehead atoms. The molecule has 114 valence electrons. The number of benzene rings is 1. The van der Waals surface area contributed by atoms with Crippen LogP contribution in [0, 0.1) is 5.82 Å². The van der Waals surface area contributed by atoms with Gasteiger partial charge >= 0.3 is 0 Å². The summed E-state index contributed by atoms with van der Waals surface area (Å²) in [6.07, 6.45) is 1.76. The molecule has 1 heterocycles. The molecule has 0 radical (unpaired) electrons. The molecule has 0 aliphatic heterocycles. The van der Waals surface area contributed by atoms with Crippen LogP contribution in [0.1, 0.15) is 17.3 Å². The highest BCUT2D eigenvalue weighted by Crippen LogP contribution is 2.32. The largest absolute Gasteiger partial charge is 0.383 e. The Labute approximate surface area is 139 Å². The zero-order valence-electron chi connectivity index (χ0n) is 11.7. The van der Waals surface area contributed by atoms with Crippen LogP contribution in [0.2, 0.25) is 0 Å². The van der Waals surface area contributed by atoms with Gasteiger partial charge in [0.15, 0.2) is 0 Å². The Morgan fingerprint density at radius 2 is 2.14 bits per heavy atom. The van der Waals surface area contributed by atoms with Gasteiger partial charge in [0.1, 0.15) is 5.82 Å². The zero-order valence-corrected chi connectivity index (χ0v) is 14.9. The van der Waals surface area contributed by atoms with Crippen LogP contribution in [0.25, 0.3) is 0 Å². The maximum Gasteiger partial charge on any atom is 0.124 e. The summed E-state index contributed by atoms with van der Waals surface area (Å²) in [6, 6.07) is 4.56.